The second-order valence-corrected chi connectivity index (χ2v) is 6.36. The molecular weight excluding hydrogens is 296 g/mol. The summed E-state index contributed by atoms with van der Waals surface area (Å²) in [5.41, 5.74) is 3.82. The van der Waals surface area contributed by atoms with E-state index in [-0.39, 0.29) is 6.61 Å². The van der Waals surface area contributed by atoms with Crippen molar-refractivity contribution in [3.63, 3.8) is 0 Å². The zero-order valence-electron chi connectivity index (χ0n) is 12.7. The summed E-state index contributed by atoms with van der Waals surface area (Å²) in [4.78, 5) is 5.71. The van der Waals surface area contributed by atoms with Gasteiger partial charge < -0.3 is 5.11 Å². The predicted molar refractivity (Wildman–Crippen MR) is 86.3 cm³/mol. The molecule has 0 saturated carbocycles. The maximum atomic E-state index is 9.50. The fourth-order valence-electron chi connectivity index (χ4n) is 2.31. The van der Waals surface area contributed by atoms with Gasteiger partial charge >= 0.3 is 0 Å². The molecule has 0 saturated heterocycles. The normalized spacial score (nSPS) is 11.0. The molecule has 1 aromatic carbocycles. The molecule has 6 heteroatoms. The first-order chi connectivity index (χ1) is 10.7. The first-order valence-electron chi connectivity index (χ1n) is 7.21. The lowest BCUT2D eigenvalue weighted by Gasteiger charge is -2.05. The summed E-state index contributed by atoms with van der Waals surface area (Å²) in [6, 6.07) is 10.3. The van der Waals surface area contributed by atoms with Crippen molar-refractivity contribution >= 4 is 11.3 Å². The van der Waals surface area contributed by atoms with E-state index >= 15 is 0 Å². The van der Waals surface area contributed by atoms with Gasteiger partial charge in [0.25, 0.3) is 0 Å². The second kappa shape index (κ2) is 6.37. The van der Waals surface area contributed by atoms with E-state index in [0.29, 0.717) is 5.69 Å². The maximum absolute atomic E-state index is 9.50. The third-order valence-electron chi connectivity index (χ3n) is 3.69. The van der Waals surface area contributed by atoms with Crippen molar-refractivity contribution in [3.05, 3.63) is 57.9 Å². The Morgan fingerprint density at radius 1 is 1.14 bits per heavy atom. The zero-order valence-corrected chi connectivity index (χ0v) is 13.5. The van der Waals surface area contributed by atoms with Crippen LogP contribution in [0.25, 0.3) is 5.13 Å². The Balaban J connectivity index is 1.90. The fourth-order valence-corrected chi connectivity index (χ4v) is 3.20. The Morgan fingerprint density at radius 3 is 2.55 bits per heavy atom. The molecule has 114 valence electrons. The van der Waals surface area contributed by atoms with E-state index < -0.39 is 0 Å². The van der Waals surface area contributed by atoms with Crippen molar-refractivity contribution in [2.75, 3.05) is 0 Å². The van der Waals surface area contributed by atoms with Gasteiger partial charge in [0, 0.05) is 4.88 Å². The largest absolute Gasteiger partial charge is 0.390 e. The molecule has 3 aromatic rings. The summed E-state index contributed by atoms with van der Waals surface area (Å²) in [5, 5.41) is 18.6. The number of aryl methyl sites for hydroxylation is 3. The summed E-state index contributed by atoms with van der Waals surface area (Å²) < 4.78 is 1.76. The first-order valence-corrected chi connectivity index (χ1v) is 8.03. The van der Waals surface area contributed by atoms with E-state index in [1.165, 1.54) is 10.4 Å². The minimum absolute atomic E-state index is 0.104. The van der Waals surface area contributed by atoms with Gasteiger partial charge in [-0.15, -0.1) is 5.10 Å². The van der Waals surface area contributed by atoms with Crippen LogP contribution in [0.2, 0.25) is 0 Å². The minimum Gasteiger partial charge on any atom is -0.390 e. The van der Waals surface area contributed by atoms with Crippen LogP contribution < -0.4 is 0 Å². The molecule has 0 aliphatic heterocycles. The topological polar surface area (TPSA) is 63.8 Å². The fraction of sp³-hybridized carbons (Fsp3) is 0.312. The average Bonchev–Trinajstić information content (AvgIpc) is 3.09. The maximum Gasteiger partial charge on any atom is 0.212 e. The summed E-state index contributed by atoms with van der Waals surface area (Å²) in [6.45, 7) is 3.93. The Morgan fingerprint density at radius 2 is 1.91 bits per heavy atom. The first kappa shape index (κ1) is 14.9. The highest BCUT2D eigenvalue weighted by atomic mass is 32.1. The van der Waals surface area contributed by atoms with E-state index in [4.69, 9.17) is 0 Å². The van der Waals surface area contributed by atoms with Crippen LogP contribution in [0, 0.1) is 13.8 Å². The Kier molecular flexibility index (Phi) is 4.31. The highest BCUT2D eigenvalue weighted by molar-refractivity contribution is 7.14. The van der Waals surface area contributed by atoms with Crippen molar-refractivity contribution in [3.8, 4) is 5.13 Å². The van der Waals surface area contributed by atoms with Crippen LogP contribution in [0.1, 0.15) is 27.5 Å². The monoisotopic (exact) mass is 314 g/mol. The molecule has 0 amide bonds. The molecule has 2 heterocycles. The third-order valence-corrected chi connectivity index (χ3v) is 4.73. The van der Waals surface area contributed by atoms with E-state index in [0.717, 1.165) is 29.4 Å². The molecule has 0 fully saturated rings. The van der Waals surface area contributed by atoms with E-state index in [1.54, 1.807) is 16.0 Å². The van der Waals surface area contributed by atoms with Crippen molar-refractivity contribution in [2.45, 2.75) is 33.3 Å². The molecule has 0 spiro atoms. The van der Waals surface area contributed by atoms with Crippen molar-refractivity contribution in [2.24, 2.45) is 0 Å². The molecule has 0 aliphatic carbocycles. The highest BCUT2D eigenvalue weighted by Gasteiger charge is 2.16. The van der Waals surface area contributed by atoms with Gasteiger partial charge in [0.2, 0.25) is 5.13 Å². The Bertz CT molecular complexity index is 744. The van der Waals surface area contributed by atoms with E-state index in [9.17, 15) is 5.11 Å². The summed E-state index contributed by atoms with van der Waals surface area (Å²) >= 11 is 1.59. The van der Waals surface area contributed by atoms with Gasteiger partial charge in [-0.2, -0.15) is 4.68 Å². The molecule has 1 N–H and O–H groups in total. The zero-order chi connectivity index (χ0) is 15.5. The Hall–Kier alpha value is -2.05. The number of nitrogens with zero attached hydrogens (tertiary/aromatic N) is 4. The molecule has 0 bridgehead atoms. The van der Waals surface area contributed by atoms with Crippen LogP contribution in [0.3, 0.4) is 0 Å². The van der Waals surface area contributed by atoms with Crippen LogP contribution in [0.5, 0.6) is 0 Å². The molecule has 0 unspecified atom stereocenters. The molecular formula is C16H18N4OS. The van der Waals surface area contributed by atoms with Crippen molar-refractivity contribution in [1.29, 1.82) is 0 Å². The molecule has 0 aliphatic rings. The van der Waals surface area contributed by atoms with Gasteiger partial charge in [-0.1, -0.05) is 46.9 Å². The summed E-state index contributed by atoms with van der Waals surface area (Å²) in [5.74, 6) is 0. The average molecular weight is 314 g/mol. The molecule has 2 aromatic heterocycles. The predicted octanol–water partition coefficient (Wildman–Crippen LogP) is 2.62. The van der Waals surface area contributed by atoms with Gasteiger partial charge in [0.15, 0.2) is 0 Å². The lowest BCUT2D eigenvalue weighted by Crippen LogP contribution is -2.05. The SMILES string of the molecule is Cc1nc(-n2nnc(CO)c2CCc2ccccc2)sc1C. The number of aromatic nitrogens is 4. The molecule has 22 heavy (non-hydrogen) atoms. The molecule has 3 rings (SSSR count). The number of aliphatic hydroxyl groups is 1. The number of thiazole rings is 1. The lowest BCUT2D eigenvalue weighted by molar-refractivity contribution is 0.275. The minimum atomic E-state index is -0.104. The summed E-state index contributed by atoms with van der Waals surface area (Å²) in [7, 11) is 0. The van der Waals surface area contributed by atoms with Crippen LogP contribution in [-0.4, -0.2) is 25.1 Å². The number of aliphatic hydroxyl groups excluding tert-OH is 1. The quantitative estimate of drug-likeness (QED) is 0.786. The highest BCUT2D eigenvalue weighted by Crippen LogP contribution is 2.22. The number of rotatable bonds is 5. The van der Waals surface area contributed by atoms with Crippen LogP contribution in [-0.2, 0) is 19.4 Å². The van der Waals surface area contributed by atoms with Crippen LogP contribution in [0.4, 0.5) is 0 Å². The smallest absolute Gasteiger partial charge is 0.212 e. The number of benzene rings is 1. The van der Waals surface area contributed by atoms with Gasteiger partial charge in [-0.25, -0.2) is 4.98 Å². The molecule has 0 atom stereocenters. The second-order valence-electron chi connectivity index (χ2n) is 5.18. The third kappa shape index (κ3) is 2.93. The number of hydrogen-bond acceptors (Lipinski definition) is 5. The molecule has 0 radical (unpaired) electrons. The van der Waals surface area contributed by atoms with E-state index in [1.807, 2.05) is 32.0 Å². The number of hydrogen-bond donors (Lipinski definition) is 1. The van der Waals surface area contributed by atoms with Gasteiger partial charge in [-0.05, 0) is 32.3 Å². The van der Waals surface area contributed by atoms with Gasteiger partial charge in [0.1, 0.15) is 5.69 Å². The van der Waals surface area contributed by atoms with Crippen LogP contribution in [0.15, 0.2) is 30.3 Å². The Labute approximate surface area is 133 Å². The summed E-state index contributed by atoms with van der Waals surface area (Å²) in [6.07, 6.45) is 1.65. The van der Waals surface area contributed by atoms with Gasteiger partial charge in [0.05, 0.1) is 18.0 Å². The van der Waals surface area contributed by atoms with Crippen LogP contribution >= 0.6 is 11.3 Å². The van der Waals surface area contributed by atoms with Gasteiger partial charge in [-0.3, -0.25) is 0 Å². The lowest BCUT2D eigenvalue weighted by atomic mass is 10.1. The van der Waals surface area contributed by atoms with Crippen molar-refractivity contribution in [1.82, 2.24) is 20.0 Å². The standard InChI is InChI=1S/C16H18N4OS/c1-11-12(2)22-16(17-11)20-15(14(10-21)18-19-20)9-8-13-6-4-3-5-7-13/h3-7,21H,8-10H2,1-2H3. The van der Waals surface area contributed by atoms with E-state index in [2.05, 4.69) is 27.4 Å². The van der Waals surface area contributed by atoms with Crippen molar-refractivity contribution < 1.29 is 5.11 Å². The molecule has 5 nitrogen and oxygen atoms in total.